The maximum absolute atomic E-state index is 4.48. The standard InChI is InChI=1S/C11H13BrN4/c1-6-7(2)14-10(5-13-6)16-9(4)11(12)8(3)15-16/h5H,1-4H3. The molecule has 16 heavy (non-hydrogen) atoms. The largest absolute Gasteiger partial charge is 0.256 e. The molecule has 0 atom stereocenters. The fourth-order valence-electron chi connectivity index (χ4n) is 1.48. The van der Waals surface area contributed by atoms with Gasteiger partial charge in [-0.15, -0.1) is 0 Å². The summed E-state index contributed by atoms with van der Waals surface area (Å²) in [6, 6.07) is 0. The number of aromatic nitrogens is 4. The average Bonchev–Trinajstić information content (AvgIpc) is 2.50. The first-order valence-corrected chi connectivity index (χ1v) is 5.82. The fraction of sp³-hybridized carbons (Fsp3) is 0.364. The third-order valence-electron chi connectivity index (χ3n) is 2.60. The van der Waals surface area contributed by atoms with Gasteiger partial charge in [0.1, 0.15) is 0 Å². The maximum atomic E-state index is 4.48. The molecule has 0 bridgehead atoms. The highest BCUT2D eigenvalue weighted by Crippen LogP contribution is 2.22. The molecular weight excluding hydrogens is 268 g/mol. The summed E-state index contributed by atoms with van der Waals surface area (Å²) in [5, 5.41) is 4.42. The van der Waals surface area contributed by atoms with Gasteiger partial charge in [-0.1, -0.05) is 0 Å². The van der Waals surface area contributed by atoms with Crippen molar-refractivity contribution in [2.75, 3.05) is 0 Å². The number of hydrogen-bond donors (Lipinski definition) is 0. The molecule has 84 valence electrons. The molecule has 2 heterocycles. The van der Waals surface area contributed by atoms with Gasteiger partial charge in [0.25, 0.3) is 0 Å². The minimum absolute atomic E-state index is 0.759. The topological polar surface area (TPSA) is 43.6 Å². The Morgan fingerprint density at radius 1 is 1.06 bits per heavy atom. The van der Waals surface area contributed by atoms with E-state index in [0.717, 1.165) is 33.1 Å². The molecule has 2 aromatic heterocycles. The van der Waals surface area contributed by atoms with Crippen molar-refractivity contribution in [3.8, 4) is 5.82 Å². The molecule has 0 N–H and O–H groups in total. The summed E-state index contributed by atoms with van der Waals surface area (Å²) in [5.41, 5.74) is 3.87. The highest BCUT2D eigenvalue weighted by atomic mass is 79.9. The van der Waals surface area contributed by atoms with Crippen LogP contribution in [0.4, 0.5) is 0 Å². The zero-order valence-corrected chi connectivity index (χ0v) is 11.3. The average molecular weight is 281 g/mol. The van der Waals surface area contributed by atoms with Crippen molar-refractivity contribution in [2.24, 2.45) is 0 Å². The Morgan fingerprint density at radius 3 is 2.25 bits per heavy atom. The zero-order chi connectivity index (χ0) is 11.9. The highest BCUT2D eigenvalue weighted by Gasteiger charge is 2.11. The van der Waals surface area contributed by atoms with Crippen molar-refractivity contribution >= 4 is 15.9 Å². The highest BCUT2D eigenvalue weighted by molar-refractivity contribution is 9.10. The SMILES string of the molecule is Cc1ncc(-n2nc(C)c(Br)c2C)nc1C. The summed E-state index contributed by atoms with van der Waals surface area (Å²) >= 11 is 3.50. The Balaban J connectivity index is 2.59. The minimum Gasteiger partial charge on any atom is -0.256 e. The smallest absolute Gasteiger partial charge is 0.172 e. The van der Waals surface area contributed by atoms with Gasteiger partial charge in [-0.05, 0) is 43.6 Å². The van der Waals surface area contributed by atoms with E-state index >= 15 is 0 Å². The summed E-state index contributed by atoms with van der Waals surface area (Å²) in [6.45, 7) is 7.86. The molecule has 0 amide bonds. The Bertz CT molecular complexity index is 545. The first-order valence-electron chi connectivity index (χ1n) is 5.03. The predicted octanol–water partition coefficient (Wildman–Crippen LogP) is 2.66. The molecule has 0 aliphatic rings. The summed E-state index contributed by atoms with van der Waals surface area (Å²) in [5.74, 6) is 0.759. The summed E-state index contributed by atoms with van der Waals surface area (Å²) in [4.78, 5) is 8.77. The van der Waals surface area contributed by atoms with Gasteiger partial charge >= 0.3 is 0 Å². The molecule has 0 spiro atoms. The van der Waals surface area contributed by atoms with Crippen LogP contribution in [0.2, 0.25) is 0 Å². The van der Waals surface area contributed by atoms with Crippen LogP contribution in [-0.4, -0.2) is 19.7 Å². The van der Waals surface area contributed by atoms with Crippen LogP contribution >= 0.6 is 15.9 Å². The summed E-state index contributed by atoms with van der Waals surface area (Å²) in [6.07, 6.45) is 1.74. The molecule has 5 heteroatoms. The molecular formula is C11H13BrN4. The minimum atomic E-state index is 0.759. The van der Waals surface area contributed by atoms with Crippen molar-refractivity contribution in [3.05, 3.63) is 33.4 Å². The van der Waals surface area contributed by atoms with Crippen molar-refractivity contribution in [1.29, 1.82) is 0 Å². The lowest BCUT2D eigenvalue weighted by atomic mass is 10.3. The van der Waals surface area contributed by atoms with Crippen LogP contribution in [0.25, 0.3) is 5.82 Å². The van der Waals surface area contributed by atoms with E-state index in [4.69, 9.17) is 0 Å². The van der Waals surface area contributed by atoms with Gasteiger partial charge in [-0.2, -0.15) is 5.10 Å². The second kappa shape index (κ2) is 3.97. The van der Waals surface area contributed by atoms with Crippen LogP contribution < -0.4 is 0 Å². The van der Waals surface area contributed by atoms with E-state index in [-0.39, 0.29) is 0 Å². The second-order valence-electron chi connectivity index (χ2n) is 3.80. The van der Waals surface area contributed by atoms with Crippen molar-refractivity contribution < 1.29 is 0 Å². The number of aryl methyl sites for hydroxylation is 3. The molecule has 0 aromatic carbocycles. The second-order valence-corrected chi connectivity index (χ2v) is 4.59. The van der Waals surface area contributed by atoms with Crippen molar-refractivity contribution in [2.45, 2.75) is 27.7 Å². The van der Waals surface area contributed by atoms with Crippen LogP contribution in [0.1, 0.15) is 22.8 Å². The molecule has 0 saturated carbocycles. The first kappa shape index (κ1) is 11.3. The van der Waals surface area contributed by atoms with Crippen LogP contribution in [0.15, 0.2) is 10.7 Å². The maximum Gasteiger partial charge on any atom is 0.172 e. The molecule has 2 aromatic rings. The molecule has 0 aliphatic heterocycles. The molecule has 4 nitrogen and oxygen atoms in total. The Morgan fingerprint density at radius 2 is 1.75 bits per heavy atom. The molecule has 2 rings (SSSR count). The van der Waals surface area contributed by atoms with Gasteiger partial charge in [0.2, 0.25) is 0 Å². The van der Waals surface area contributed by atoms with Gasteiger partial charge in [-0.25, -0.2) is 9.67 Å². The van der Waals surface area contributed by atoms with Crippen LogP contribution in [0.3, 0.4) is 0 Å². The Labute approximate surface area is 103 Å². The number of halogens is 1. The van der Waals surface area contributed by atoms with Crippen LogP contribution in [0.5, 0.6) is 0 Å². The lowest BCUT2D eigenvalue weighted by molar-refractivity contribution is 0.789. The fourth-order valence-corrected chi connectivity index (χ4v) is 1.73. The predicted molar refractivity (Wildman–Crippen MR) is 65.8 cm³/mol. The molecule has 0 unspecified atom stereocenters. The van der Waals surface area contributed by atoms with Gasteiger partial charge in [0, 0.05) is 0 Å². The van der Waals surface area contributed by atoms with E-state index in [1.54, 1.807) is 10.9 Å². The van der Waals surface area contributed by atoms with E-state index in [9.17, 15) is 0 Å². The number of hydrogen-bond acceptors (Lipinski definition) is 3. The number of nitrogens with zero attached hydrogens (tertiary/aromatic N) is 4. The van der Waals surface area contributed by atoms with E-state index in [1.165, 1.54) is 0 Å². The van der Waals surface area contributed by atoms with Gasteiger partial charge in [0.15, 0.2) is 5.82 Å². The van der Waals surface area contributed by atoms with Gasteiger partial charge < -0.3 is 0 Å². The molecule has 0 radical (unpaired) electrons. The lowest BCUT2D eigenvalue weighted by Gasteiger charge is -2.05. The number of rotatable bonds is 1. The summed E-state index contributed by atoms with van der Waals surface area (Å²) < 4.78 is 2.83. The Kier molecular flexibility index (Phi) is 2.80. The van der Waals surface area contributed by atoms with E-state index in [1.807, 2.05) is 27.7 Å². The zero-order valence-electron chi connectivity index (χ0n) is 9.74. The van der Waals surface area contributed by atoms with Gasteiger partial charge in [-0.3, -0.25) is 4.98 Å². The Hall–Kier alpha value is -1.23. The van der Waals surface area contributed by atoms with E-state index < -0.39 is 0 Å². The third-order valence-corrected chi connectivity index (χ3v) is 3.75. The molecule has 0 saturated heterocycles. The van der Waals surface area contributed by atoms with Crippen molar-refractivity contribution in [3.63, 3.8) is 0 Å². The van der Waals surface area contributed by atoms with E-state index in [2.05, 4.69) is 31.0 Å². The van der Waals surface area contributed by atoms with Crippen LogP contribution in [0, 0.1) is 27.7 Å². The lowest BCUT2D eigenvalue weighted by Crippen LogP contribution is -2.05. The quantitative estimate of drug-likeness (QED) is 0.807. The first-order chi connectivity index (χ1) is 7.50. The third kappa shape index (κ3) is 1.75. The molecule has 0 fully saturated rings. The monoisotopic (exact) mass is 280 g/mol. The summed E-state index contributed by atoms with van der Waals surface area (Å²) in [7, 11) is 0. The van der Waals surface area contributed by atoms with Crippen LogP contribution in [-0.2, 0) is 0 Å². The van der Waals surface area contributed by atoms with Gasteiger partial charge in [0.05, 0.1) is 33.4 Å². The molecule has 0 aliphatic carbocycles. The normalized spacial score (nSPS) is 10.8. The van der Waals surface area contributed by atoms with Crippen molar-refractivity contribution in [1.82, 2.24) is 19.7 Å². The van der Waals surface area contributed by atoms with E-state index in [0.29, 0.717) is 0 Å².